The molecule has 0 spiro atoms. The molecule has 1 N–H and O–H groups in total. The first kappa shape index (κ1) is 19.8. The van der Waals surface area contributed by atoms with Crippen LogP contribution in [-0.2, 0) is 4.74 Å². The number of nitrogens with one attached hydrogen (secondary N) is 1. The molecule has 29 heavy (non-hydrogen) atoms. The maximum absolute atomic E-state index is 5.96. The SMILES string of the molecule is COc1cc2c(cc1OCCOCCN(C)C)[nH]c1ccnc(N3CCCC3)c12. The highest BCUT2D eigenvalue weighted by Gasteiger charge is 2.20. The second kappa shape index (κ2) is 8.88. The Morgan fingerprint density at radius 2 is 1.90 bits per heavy atom. The molecule has 1 aromatic carbocycles. The number of ether oxygens (including phenoxy) is 3. The van der Waals surface area contributed by atoms with Gasteiger partial charge < -0.3 is 29.0 Å². The Bertz CT molecular complexity index is 963. The normalized spacial score (nSPS) is 14.4. The molecule has 1 saturated heterocycles. The van der Waals surface area contributed by atoms with Crippen LogP contribution in [0.5, 0.6) is 11.5 Å². The van der Waals surface area contributed by atoms with Crippen molar-refractivity contribution >= 4 is 27.6 Å². The van der Waals surface area contributed by atoms with E-state index < -0.39 is 0 Å². The van der Waals surface area contributed by atoms with Crippen molar-refractivity contribution in [3.05, 3.63) is 24.4 Å². The Kier molecular flexibility index (Phi) is 6.06. The number of hydrogen-bond acceptors (Lipinski definition) is 6. The lowest BCUT2D eigenvalue weighted by molar-refractivity contribution is 0.0881. The van der Waals surface area contributed by atoms with Gasteiger partial charge in [0, 0.05) is 37.3 Å². The number of pyridine rings is 1. The molecule has 0 saturated carbocycles. The van der Waals surface area contributed by atoms with Crippen LogP contribution in [0.4, 0.5) is 5.82 Å². The zero-order chi connectivity index (χ0) is 20.2. The van der Waals surface area contributed by atoms with Crippen molar-refractivity contribution in [2.24, 2.45) is 0 Å². The standard InChI is InChI=1S/C22H30N4O3/c1-25(2)10-11-28-12-13-29-20-15-18-16(14-19(20)27-3)21-17(24-18)6-7-23-22(21)26-8-4-5-9-26/h6-7,14-15,24H,4-5,8-13H2,1-3H3. The number of benzene rings is 1. The monoisotopic (exact) mass is 398 g/mol. The highest BCUT2D eigenvalue weighted by Crippen LogP contribution is 2.39. The largest absolute Gasteiger partial charge is 0.493 e. The summed E-state index contributed by atoms with van der Waals surface area (Å²) in [6.07, 6.45) is 4.32. The summed E-state index contributed by atoms with van der Waals surface area (Å²) in [6, 6.07) is 6.10. The molecule has 0 aliphatic carbocycles. The number of likely N-dealkylation sites (N-methyl/N-ethyl adjacent to an activating group) is 1. The van der Waals surface area contributed by atoms with Crippen LogP contribution in [0, 0.1) is 0 Å². The maximum atomic E-state index is 5.96. The van der Waals surface area contributed by atoms with Crippen LogP contribution < -0.4 is 14.4 Å². The lowest BCUT2D eigenvalue weighted by Gasteiger charge is -2.17. The third-order valence-corrected chi connectivity index (χ3v) is 5.35. The molecule has 1 aliphatic heterocycles. The number of anilines is 1. The number of fused-ring (bicyclic) bond motifs is 3. The predicted molar refractivity (Wildman–Crippen MR) is 116 cm³/mol. The highest BCUT2D eigenvalue weighted by molar-refractivity contribution is 6.13. The molecule has 7 nitrogen and oxygen atoms in total. The zero-order valence-electron chi connectivity index (χ0n) is 17.5. The average Bonchev–Trinajstić information content (AvgIpc) is 3.37. The fourth-order valence-electron chi connectivity index (χ4n) is 3.84. The van der Waals surface area contributed by atoms with Crippen LogP contribution in [0.2, 0.25) is 0 Å². The van der Waals surface area contributed by atoms with Gasteiger partial charge in [0.05, 0.1) is 36.7 Å². The maximum Gasteiger partial charge on any atom is 0.163 e. The highest BCUT2D eigenvalue weighted by atomic mass is 16.5. The van der Waals surface area contributed by atoms with E-state index >= 15 is 0 Å². The molecular weight excluding hydrogens is 368 g/mol. The number of H-pyrrole nitrogens is 1. The zero-order valence-corrected chi connectivity index (χ0v) is 17.5. The number of rotatable bonds is 9. The topological polar surface area (TPSA) is 62.9 Å². The molecule has 1 fully saturated rings. The second-order valence-corrected chi connectivity index (χ2v) is 7.69. The van der Waals surface area contributed by atoms with Crippen molar-refractivity contribution in [1.82, 2.24) is 14.9 Å². The van der Waals surface area contributed by atoms with Crippen molar-refractivity contribution in [3.63, 3.8) is 0 Å². The number of aromatic amines is 1. The van der Waals surface area contributed by atoms with Gasteiger partial charge in [0.1, 0.15) is 12.4 Å². The van der Waals surface area contributed by atoms with E-state index in [9.17, 15) is 0 Å². The molecule has 3 aromatic rings. The third kappa shape index (κ3) is 4.26. The summed E-state index contributed by atoms with van der Waals surface area (Å²) in [4.78, 5) is 12.7. The molecule has 7 heteroatoms. The molecule has 0 radical (unpaired) electrons. The van der Waals surface area contributed by atoms with E-state index in [1.165, 1.54) is 12.8 Å². The van der Waals surface area contributed by atoms with Crippen LogP contribution in [0.25, 0.3) is 21.8 Å². The van der Waals surface area contributed by atoms with Crippen LogP contribution in [-0.4, -0.2) is 75.5 Å². The minimum absolute atomic E-state index is 0.482. The van der Waals surface area contributed by atoms with Crippen LogP contribution in [0.3, 0.4) is 0 Å². The Morgan fingerprint density at radius 1 is 1.07 bits per heavy atom. The summed E-state index contributed by atoms with van der Waals surface area (Å²) in [5.41, 5.74) is 2.11. The average molecular weight is 399 g/mol. The van der Waals surface area contributed by atoms with Crippen molar-refractivity contribution in [3.8, 4) is 11.5 Å². The summed E-state index contributed by atoms with van der Waals surface area (Å²) in [6.45, 7) is 4.75. The van der Waals surface area contributed by atoms with Crippen molar-refractivity contribution in [2.45, 2.75) is 12.8 Å². The smallest absolute Gasteiger partial charge is 0.163 e. The van der Waals surface area contributed by atoms with E-state index in [0.717, 1.165) is 58.8 Å². The number of nitrogens with zero attached hydrogens (tertiary/aromatic N) is 3. The molecule has 4 rings (SSSR count). The lowest BCUT2D eigenvalue weighted by Crippen LogP contribution is -2.19. The molecule has 0 amide bonds. The van der Waals surface area contributed by atoms with E-state index in [0.29, 0.717) is 19.8 Å². The van der Waals surface area contributed by atoms with E-state index in [1.54, 1.807) is 7.11 Å². The van der Waals surface area contributed by atoms with E-state index in [2.05, 4.69) is 20.9 Å². The van der Waals surface area contributed by atoms with Gasteiger partial charge in [-0.25, -0.2) is 4.98 Å². The Labute approximate surface area is 171 Å². The molecule has 0 unspecified atom stereocenters. The molecule has 1 aliphatic rings. The van der Waals surface area contributed by atoms with Gasteiger partial charge in [0.25, 0.3) is 0 Å². The number of hydrogen-bond donors (Lipinski definition) is 1. The van der Waals surface area contributed by atoms with Crippen LogP contribution in [0.1, 0.15) is 12.8 Å². The fourth-order valence-corrected chi connectivity index (χ4v) is 3.84. The minimum Gasteiger partial charge on any atom is -0.493 e. The Balaban J connectivity index is 1.57. The summed E-state index contributed by atoms with van der Waals surface area (Å²) in [5, 5.41) is 2.27. The molecule has 0 atom stereocenters. The number of aromatic nitrogens is 2. The predicted octanol–water partition coefficient (Wildman–Crippen LogP) is 3.28. The molecule has 156 valence electrons. The first-order valence-electron chi connectivity index (χ1n) is 10.3. The van der Waals surface area contributed by atoms with Crippen molar-refractivity contribution in [2.75, 3.05) is 65.6 Å². The summed E-state index contributed by atoms with van der Waals surface area (Å²) < 4.78 is 17.2. The molecule has 2 aromatic heterocycles. The molecular formula is C22H30N4O3. The van der Waals surface area contributed by atoms with E-state index in [-0.39, 0.29) is 0 Å². The summed E-state index contributed by atoms with van der Waals surface area (Å²) in [5.74, 6) is 2.50. The molecule has 3 heterocycles. The van der Waals surface area contributed by atoms with Crippen molar-refractivity contribution < 1.29 is 14.2 Å². The van der Waals surface area contributed by atoms with Gasteiger partial charge in [-0.2, -0.15) is 0 Å². The van der Waals surface area contributed by atoms with E-state index in [1.807, 2.05) is 32.4 Å². The number of methoxy groups -OCH3 is 1. The van der Waals surface area contributed by atoms with Gasteiger partial charge in [-0.1, -0.05) is 0 Å². The van der Waals surface area contributed by atoms with E-state index in [4.69, 9.17) is 19.2 Å². The summed E-state index contributed by atoms with van der Waals surface area (Å²) >= 11 is 0. The lowest BCUT2D eigenvalue weighted by atomic mass is 10.1. The van der Waals surface area contributed by atoms with Gasteiger partial charge in [-0.15, -0.1) is 0 Å². The van der Waals surface area contributed by atoms with Crippen molar-refractivity contribution in [1.29, 1.82) is 0 Å². The first-order valence-corrected chi connectivity index (χ1v) is 10.3. The minimum atomic E-state index is 0.482. The second-order valence-electron chi connectivity index (χ2n) is 7.69. The Hall–Kier alpha value is -2.51. The fraction of sp³-hybridized carbons (Fsp3) is 0.500. The van der Waals surface area contributed by atoms with Crippen LogP contribution >= 0.6 is 0 Å². The first-order chi connectivity index (χ1) is 14.2. The van der Waals surface area contributed by atoms with Crippen LogP contribution in [0.15, 0.2) is 24.4 Å². The van der Waals surface area contributed by atoms with Gasteiger partial charge in [-0.05, 0) is 39.1 Å². The van der Waals surface area contributed by atoms with Gasteiger partial charge >= 0.3 is 0 Å². The van der Waals surface area contributed by atoms with Gasteiger partial charge in [0.2, 0.25) is 0 Å². The van der Waals surface area contributed by atoms with Gasteiger partial charge in [-0.3, -0.25) is 0 Å². The third-order valence-electron chi connectivity index (χ3n) is 5.35. The summed E-state index contributed by atoms with van der Waals surface area (Å²) in [7, 11) is 5.74. The Morgan fingerprint density at radius 3 is 2.66 bits per heavy atom. The quantitative estimate of drug-likeness (QED) is 0.558. The van der Waals surface area contributed by atoms with Gasteiger partial charge in [0.15, 0.2) is 11.5 Å². The molecule has 0 bridgehead atoms.